The first-order valence-corrected chi connectivity index (χ1v) is 6.37. The molecule has 2 N–H and O–H groups in total. The van der Waals surface area contributed by atoms with Crippen LogP contribution in [-0.2, 0) is 28.5 Å². The molecule has 19 heavy (non-hydrogen) atoms. The maximum absolute atomic E-state index is 11.7. The number of rotatable bonds is 10. The summed E-state index contributed by atoms with van der Waals surface area (Å²) in [5, 5.41) is 0. The van der Waals surface area contributed by atoms with E-state index < -0.39 is 11.5 Å². The van der Waals surface area contributed by atoms with Gasteiger partial charge < -0.3 is 29.4 Å². The fraction of sp³-hybridized carbons (Fsp3) is 0.917. The van der Waals surface area contributed by atoms with Crippen LogP contribution < -0.4 is 5.73 Å². The van der Waals surface area contributed by atoms with Crippen LogP contribution in [0.2, 0.25) is 0 Å². The van der Waals surface area contributed by atoms with E-state index in [2.05, 4.69) is 0 Å². The molecule has 1 aliphatic heterocycles. The molecule has 1 atom stereocenters. The molecule has 1 aliphatic rings. The van der Waals surface area contributed by atoms with Crippen LogP contribution in [0, 0.1) is 0 Å². The van der Waals surface area contributed by atoms with Crippen molar-refractivity contribution >= 4 is 5.97 Å². The molecule has 1 saturated heterocycles. The number of carbonyl (C=O) groups is 1. The molecule has 1 unspecified atom stereocenters. The Morgan fingerprint density at radius 1 is 1.16 bits per heavy atom. The third kappa shape index (κ3) is 6.31. The van der Waals surface area contributed by atoms with Gasteiger partial charge >= 0.3 is 5.97 Å². The van der Waals surface area contributed by atoms with Gasteiger partial charge in [-0.05, 0) is 0 Å². The highest BCUT2D eigenvalue weighted by atomic mass is 16.6. The maximum Gasteiger partial charge on any atom is 0.328 e. The van der Waals surface area contributed by atoms with Crippen LogP contribution in [-0.4, -0.2) is 71.5 Å². The van der Waals surface area contributed by atoms with Gasteiger partial charge in [0.25, 0.3) is 0 Å². The minimum Gasteiger partial charge on any atom is -0.462 e. The topological polar surface area (TPSA) is 89.2 Å². The molecule has 0 aromatic rings. The van der Waals surface area contributed by atoms with E-state index in [-0.39, 0.29) is 13.2 Å². The number of hydrogen-bond acceptors (Lipinski definition) is 7. The Kier molecular flexibility index (Phi) is 7.92. The zero-order valence-corrected chi connectivity index (χ0v) is 11.4. The van der Waals surface area contributed by atoms with Gasteiger partial charge in [-0.3, -0.25) is 0 Å². The van der Waals surface area contributed by atoms with Gasteiger partial charge in [-0.2, -0.15) is 0 Å². The Morgan fingerprint density at radius 2 is 1.79 bits per heavy atom. The molecular formula is C12H23NO6. The van der Waals surface area contributed by atoms with E-state index in [1.54, 1.807) is 7.11 Å². The van der Waals surface area contributed by atoms with E-state index in [1.165, 1.54) is 0 Å². The summed E-state index contributed by atoms with van der Waals surface area (Å²) in [5.74, 6) is -0.426. The SMILES string of the molecule is COCCOCCOCCOC(=O)C1(N)CCOC1. The molecule has 7 heteroatoms. The Morgan fingerprint density at radius 3 is 2.37 bits per heavy atom. The van der Waals surface area contributed by atoms with Gasteiger partial charge in [-0.15, -0.1) is 0 Å². The van der Waals surface area contributed by atoms with Gasteiger partial charge in [0.1, 0.15) is 12.1 Å². The third-order valence-electron chi connectivity index (χ3n) is 2.72. The number of carbonyl (C=O) groups excluding carboxylic acids is 1. The fourth-order valence-electron chi connectivity index (χ4n) is 1.54. The van der Waals surface area contributed by atoms with Crippen molar-refractivity contribution in [3.63, 3.8) is 0 Å². The van der Waals surface area contributed by atoms with Gasteiger partial charge in [0.15, 0.2) is 0 Å². The summed E-state index contributed by atoms with van der Waals surface area (Å²) in [6, 6.07) is 0. The van der Waals surface area contributed by atoms with Crippen molar-refractivity contribution in [3.8, 4) is 0 Å². The van der Waals surface area contributed by atoms with Crippen molar-refractivity contribution in [2.24, 2.45) is 5.73 Å². The predicted octanol–water partition coefficient (Wildman–Crippen LogP) is -0.673. The molecule has 112 valence electrons. The lowest BCUT2D eigenvalue weighted by Gasteiger charge is -2.19. The molecule has 0 aromatic heterocycles. The molecule has 1 fully saturated rings. The van der Waals surface area contributed by atoms with Crippen molar-refractivity contribution in [2.45, 2.75) is 12.0 Å². The summed E-state index contributed by atoms with van der Waals surface area (Å²) >= 11 is 0. The summed E-state index contributed by atoms with van der Waals surface area (Å²) in [6.45, 7) is 3.31. The van der Waals surface area contributed by atoms with Crippen LogP contribution in [0.4, 0.5) is 0 Å². The quantitative estimate of drug-likeness (QED) is 0.418. The summed E-state index contributed by atoms with van der Waals surface area (Å²) in [4.78, 5) is 11.7. The lowest BCUT2D eigenvalue weighted by molar-refractivity contribution is -0.151. The van der Waals surface area contributed by atoms with E-state index in [1.807, 2.05) is 0 Å². The zero-order valence-electron chi connectivity index (χ0n) is 11.4. The molecular weight excluding hydrogens is 254 g/mol. The smallest absolute Gasteiger partial charge is 0.328 e. The monoisotopic (exact) mass is 277 g/mol. The minimum atomic E-state index is -0.983. The Bertz CT molecular complexity index is 255. The minimum absolute atomic E-state index is 0.190. The number of methoxy groups -OCH3 is 1. The lowest BCUT2D eigenvalue weighted by Crippen LogP contribution is -2.49. The van der Waals surface area contributed by atoms with Gasteiger partial charge in [0.2, 0.25) is 0 Å². The molecule has 0 bridgehead atoms. The highest BCUT2D eigenvalue weighted by Crippen LogP contribution is 2.16. The summed E-state index contributed by atoms with van der Waals surface area (Å²) in [6.07, 6.45) is 0.500. The summed E-state index contributed by atoms with van der Waals surface area (Å²) < 4.78 is 25.4. The van der Waals surface area contributed by atoms with E-state index in [9.17, 15) is 4.79 Å². The maximum atomic E-state index is 11.7. The van der Waals surface area contributed by atoms with Crippen LogP contribution in [0.3, 0.4) is 0 Å². The van der Waals surface area contributed by atoms with Crippen molar-refractivity contribution in [3.05, 3.63) is 0 Å². The number of hydrogen-bond donors (Lipinski definition) is 1. The fourth-order valence-corrected chi connectivity index (χ4v) is 1.54. The molecule has 0 saturated carbocycles. The van der Waals surface area contributed by atoms with Gasteiger partial charge in [0.05, 0.1) is 39.6 Å². The normalized spacial score (nSPS) is 22.6. The number of nitrogens with two attached hydrogens (primary N) is 1. The van der Waals surface area contributed by atoms with E-state index in [0.29, 0.717) is 46.1 Å². The Labute approximate surface area is 113 Å². The average Bonchev–Trinajstić information content (AvgIpc) is 2.85. The van der Waals surface area contributed by atoms with Crippen LogP contribution in [0.5, 0.6) is 0 Å². The number of ether oxygens (including phenoxy) is 5. The molecule has 0 spiro atoms. The van der Waals surface area contributed by atoms with Crippen molar-refractivity contribution in [1.29, 1.82) is 0 Å². The lowest BCUT2D eigenvalue weighted by atomic mass is 10.0. The molecule has 0 radical (unpaired) electrons. The molecule has 0 aromatic carbocycles. The molecule has 7 nitrogen and oxygen atoms in total. The number of esters is 1. The molecule has 1 heterocycles. The first kappa shape index (κ1) is 16.3. The van der Waals surface area contributed by atoms with Crippen LogP contribution in [0.1, 0.15) is 6.42 Å². The first-order valence-electron chi connectivity index (χ1n) is 6.37. The third-order valence-corrected chi connectivity index (χ3v) is 2.72. The molecule has 0 aliphatic carbocycles. The summed E-state index contributed by atoms with van der Waals surface area (Å²) in [7, 11) is 1.62. The second-order valence-corrected chi connectivity index (χ2v) is 4.31. The van der Waals surface area contributed by atoms with E-state index in [4.69, 9.17) is 29.4 Å². The largest absolute Gasteiger partial charge is 0.462 e. The zero-order chi connectivity index (χ0) is 14.0. The van der Waals surface area contributed by atoms with Crippen molar-refractivity contribution < 1.29 is 28.5 Å². The highest BCUT2D eigenvalue weighted by Gasteiger charge is 2.39. The van der Waals surface area contributed by atoms with Crippen molar-refractivity contribution in [1.82, 2.24) is 0 Å². The van der Waals surface area contributed by atoms with Crippen LogP contribution >= 0.6 is 0 Å². The van der Waals surface area contributed by atoms with E-state index in [0.717, 1.165) is 0 Å². The molecule has 0 amide bonds. The van der Waals surface area contributed by atoms with Crippen LogP contribution in [0.25, 0.3) is 0 Å². The van der Waals surface area contributed by atoms with Crippen LogP contribution in [0.15, 0.2) is 0 Å². The summed E-state index contributed by atoms with van der Waals surface area (Å²) in [5.41, 5.74) is 4.86. The average molecular weight is 277 g/mol. The van der Waals surface area contributed by atoms with Gasteiger partial charge in [-0.25, -0.2) is 4.79 Å². The van der Waals surface area contributed by atoms with Gasteiger partial charge in [-0.1, -0.05) is 0 Å². The van der Waals surface area contributed by atoms with E-state index >= 15 is 0 Å². The highest BCUT2D eigenvalue weighted by molar-refractivity contribution is 5.81. The van der Waals surface area contributed by atoms with Crippen molar-refractivity contribution in [2.75, 3.05) is 60.0 Å². The standard InChI is InChI=1S/C12H23NO6/c1-15-4-5-16-6-7-17-8-9-19-11(14)12(13)2-3-18-10-12/h2-10,13H2,1H3. The Hall–Kier alpha value is -0.730. The second kappa shape index (κ2) is 9.22. The predicted molar refractivity (Wildman–Crippen MR) is 66.8 cm³/mol. The second-order valence-electron chi connectivity index (χ2n) is 4.31. The molecule has 1 rings (SSSR count). The van der Waals surface area contributed by atoms with Gasteiger partial charge in [0, 0.05) is 20.1 Å². The Balaban J connectivity index is 1.92. The first-order chi connectivity index (χ1) is 9.19.